The topological polar surface area (TPSA) is 45.2 Å². The number of benzene rings is 1. The maximum atomic E-state index is 12.1. The van der Waals surface area contributed by atoms with E-state index in [1.165, 1.54) is 31.5 Å². The number of aromatic nitrogens is 1. The van der Waals surface area contributed by atoms with Gasteiger partial charge in [-0.05, 0) is 74.5 Å². The molecular weight excluding hydrogens is 310 g/mol. The summed E-state index contributed by atoms with van der Waals surface area (Å²) in [6, 6.07) is 11.8. The van der Waals surface area contributed by atoms with Crippen LogP contribution in [-0.4, -0.2) is 35.9 Å². The van der Waals surface area contributed by atoms with Gasteiger partial charge in [-0.2, -0.15) is 0 Å². The molecule has 0 bridgehead atoms. The quantitative estimate of drug-likeness (QED) is 0.901. The van der Waals surface area contributed by atoms with Crippen molar-refractivity contribution in [2.75, 3.05) is 25.5 Å². The summed E-state index contributed by atoms with van der Waals surface area (Å²) in [6.45, 7) is 4.80. The fourth-order valence-corrected chi connectivity index (χ4v) is 3.64. The van der Waals surface area contributed by atoms with E-state index < -0.39 is 0 Å². The summed E-state index contributed by atoms with van der Waals surface area (Å²) < 4.78 is 0. The minimum absolute atomic E-state index is 0.124. The van der Waals surface area contributed by atoms with Crippen molar-refractivity contribution < 1.29 is 4.79 Å². The lowest BCUT2D eigenvalue weighted by Crippen LogP contribution is -2.36. The van der Waals surface area contributed by atoms with Crippen LogP contribution >= 0.6 is 0 Å². The Morgan fingerprint density at radius 2 is 2.08 bits per heavy atom. The molecule has 2 heterocycles. The number of amides is 1. The molecule has 1 aromatic heterocycles. The van der Waals surface area contributed by atoms with Gasteiger partial charge in [-0.3, -0.25) is 9.78 Å². The van der Waals surface area contributed by atoms with Crippen molar-refractivity contribution in [2.45, 2.75) is 26.2 Å². The molecule has 1 aromatic carbocycles. The minimum atomic E-state index is -0.124. The number of aryl methyl sites for hydroxylation is 1. The monoisotopic (exact) mass is 337 g/mol. The van der Waals surface area contributed by atoms with Gasteiger partial charge in [0.2, 0.25) is 0 Å². The lowest BCUT2D eigenvalue weighted by atomic mass is 9.83. The fraction of sp³-hybridized carbons (Fsp3) is 0.429. The lowest BCUT2D eigenvalue weighted by Gasteiger charge is -2.34. The highest BCUT2D eigenvalue weighted by atomic mass is 16.1. The molecule has 4 nitrogen and oxygen atoms in total. The molecule has 1 amide bonds. The molecule has 1 aliphatic heterocycles. The summed E-state index contributed by atoms with van der Waals surface area (Å²) in [7, 11) is 2.21. The van der Waals surface area contributed by atoms with E-state index in [-0.39, 0.29) is 5.91 Å². The molecule has 2 unspecified atom stereocenters. The van der Waals surface area contributed by atoms with Crippen molar-refractivity contribution >= 4 is 11.6 Å². The first-order valence-electron chi connectivity index (χ1n) is 9.10. The van der Waals surface area contributed by atoms with Gasteiger partial charge in [-0.25, -0.2) is 0 Å². The third-order valence-electron chi connectivity index (χ3n) is 5.23. The summed E-state index contributed by atoms with van der Waals surface area (Å²) in [6.07, 6.45) is 6.89. The Kier molecular flexibility index (Phi) is 5.82. The highest BCUT2D eigenvalue weighted by Crippen LogP contribution is 2.27. The summed E-state index contributed by atoms with van der Waals surface area (Å²) in [5, 5.41) is 2.92. The van der Waals surface area contributed by atoms with Gasteiger partial charge in [0.05, 0.1) is 5.56 Å². The van der Waals surface area contributed by atoms with E-state index >= 15 is 0 Å². The number of nitrogens with one attached hydrogen (secondary N) is 1. The Labute approximate surface area is 150 Å². The van der Waals surface area contributed by atoms with E-state index in [9.17, 15) is 4.79 Å². The fourth-order valence-electron chi connectivity index (χ4n) is 3.64. The molecule has 1 saturated heterocycles. The van der Waals surface area contributed by atoms with E-state index in [0.29, 0.717) is 5.56 Å². The van der Waals surface area contributed by atoms with E-state index in [4.69, 9.17) is 0 Å². The van der Waals surface area contributed by atoms with Crippen molar-refractivity contribution in [2.24, 2.45) is 11.8 Å². The number of hydrogen-bond acceptors (Lipinski definition) is 3. The molecule has 4 heteroatoms. The maximum absolute atomic E-state index is 12.1. The second-order valence-corrected chi connectivity index (χ2v) is 7.22. The van der Waals surface area contributed by atoms with Gasteiger partial charge in [0.15, 0.2) is 0 Å². The number of rotatable bonds is 5. The van der Waals surface area contributed by atoms with Crippen LogP contribution in [0.25, 0.3) is 0 Å². The van der Waals surface area contributed by atoms with Crippen LogP contribution in [0.5, 0.6) is 0 Å². The Hall–Kier alpha value is -2.20. The molecule has 3 rings (SSSR count). The molecule has 0 aliphatic carbocycles. The predicted molar refractivity (Wildman–Crippen MR) is 102 cm³/mol. The normalized spacial score (nSPS) is 21.0. The molecule has 1 fully saturated rings. The average Bonchev–Trinajstić information content (AvgIpc) is 2.63. The van der Waals surface area contributed by atoms with Crippen LogP contribution in [0.3, 0.4) is 0 Å². The van der Waals surface area contributed by atoms with Crippen LogP contribution < -0.4 is 5.32 Å². The van der Waals surface area contributed by atoms with E-state index in [0.717, 1.165) is 23.9 Å². The molecule has 2 atom stereocenters. The second-order valence-electron chi connectivity index (χ2n) is 7.22. The van der Waals surface area contributed by atoms with Crippen LogP contribution in [0.4, 0.5) is 5.69 Å². The number of piperidine rings is 1. The van der Waals surface area contributed by atoms with Gasteiger partial charge in [0.25, 0.3) is 5.91 Å². The highest BCUT2D eigenvalue weighted by Gasteiger charge is 2.23. The van der Waals surface area contributed by atoms with E-state index in [1.54, 1.807) is 24.5 Å². The molecule has 0 spiro atoms. The predicted octanol–water partition coefficient (Wildman–Crippen LogP) is 3.85. The molecule has 2 aromatic rings. The molecule has 1 aliphatic rings. The van der Waals surface area contributed by atoms with Crippen LogP contribution in [0.1, 0.15) is 35.7 Å². The van der Waals surface area contributed by atoms with Crippen molar-refractivity contribution in [1.29, 1.82) is 0 Å². The summed E-state index contributed by atoms with van der Waals surface area (Å²) >= 11 is 0. The van der Waals surface area contributed by atoms with Gasteiger partial charge in [-0.15, -0.1) is 0 Å². The SMILES string of the molecule is CC1CN(C)CCC1CCc1ccc(NC(=O)c2cccnc2)cc1. The number of anilines is 1. The smallest absolute Gasteiger partial charge is 0.257 e. The van der Waals surface area contributed by atoms with Gasteiger partial charge in [0, 0.05) is 24.6 Å². The Balaban J connectivity index is 1.51. The van der Waals surface area contributed by atoms with E-state index in [2.05, 4.69) is 41.3 Å². The number of likely N-dealkylation sites (tertiary alicyclic amines) is 1. The Morgan fingerprint density at radius 3 is 2.76 bits per heavy atom. The molecule has 0 radical (unpaired) electrons. The summed E-state index contributed by atoms with van der Waals surface area (Å²) in [4.78, 5) is 18.5. The van der Waals surface area contributed by atoms with Crippen LogP contribution in [0, 0.1) is 11.8 Å². The number of nitrogens with zero attached hydrogens (tertiary/aromatic N) is 2. The Bertz CT molecular complexity index is 684. The number of carbonyl (C=O) groups is 1. The van der Waals surface area contributed by atoms with Gasteiger partial charge < -0.3 is 10.2 Å². The van der Waals surface area contributed by atoms with Crippen molar-refractivity contribution in [3.8, 4) is 0 Å². The minimum Gasteiger partial charge on any atom is -0.322 e. The first kappa shape index (κ1) is 17.6. The second kappa shape index (κ2) is 8.26. The standard InChI is InChI=1S/C21H27N3O/c1-16-15-24(2)13-11-18(16)8-5-17-6-9-20(10-7-17)23-21(25)19-4-3-12-22-14-19/h3-4,6-7,9-10,12,14,16,18H,5,8,11,13,15H2,1-2H3,(H,23,25). The number of hydrogen-bond donors (Lipinski definition) is 1. The highest BCUT2D eigenvalue weighted by molar-refractivity contribution is 6.03. The van der Waals surface area contributed by atoms with Gasteiger partial charge in [-0.1, -0.05) is 19.1 Å². The summed E-state index contributed by atoms with van der Waals surface area (Å²) in [5.41, 5.74) is 2.73. The van der Waals surface area contributed by atoms with Crippen molar-refractivity contribution in [1.82, 2.24) is 9.88 Å². The zero-order chi connectivity index (χ0) is 17.6. The zero-order valence-corrected chi connectivity index (χ0v) is 15.1. The van der Waals surface area contributed by atoms with Gasteiger partial charge >= 0.3 is 0 Å². The first-order chi connectivity index (χ1) is 12.1. The molecule has 132 valence electrons. The lowest BCUT2D eigenvalue weighted by molar-refractivity contribution is 0.102. The van der Waals surface area contributed by atoms with Crippen LogP contribution in [0.2, 0.25) is 0 Å². The third kappa shape index (κ3) is 4.89. The molecule has 25 heavy (non-hydrogen) atoms. The van der Waals surface area contributed by atoms with Crippen molar-refractivity contribution in [3.05, 3.63) is 59.9 Å². The molecular formula is C21H27N3O. The van der Waals surface area contributed by atoms with Crippen LogP contribution in [-0.2, 0) is 6.42 Å². The third-order valence-corrected chi connectivity index (χ3v) is 5.23. The number of pyridine rings is 1. The van der Waals surface area contributed by atoms with E-state index in [1.807, 2.05) is 12.1 Å². The van der Waals surface area contributed by atoms with Gasteiger partial charge in [0.1, 0.15) is 0 Å². The zero-order valence-electron chi connectivity index (χ0n) is 15.1. The van der Waals surface area contributed by atoms with Crippen LogP contribution in [0.15, 0.2) is 48.8 Å². The number of carbonyl (C=O) groups excluding carboxylic acids is 1. The van der Waals surface area contributed by atoms with Crippen molar-refractivity contribution in [3.63, 3.8) is 0 Å². The summed E-state index contributed by atoms with van der Waals surface area (Å²) in [5.74, 6) is 1.47. The first-order valence-corrected chi connectivity index (χ1v) is 9.10. The average molecular weight is 337 g/mol. The molecule has 0 saturated carbocycles. The molecule has 1 N–H and O–H groups in total. The Morgan fingerprint density at radius 1 is 1.28 bits per heavy atom. The maximum Gasteiger partial charge on any atom is 0.257 e. The largest absolute Gasteiger partial charge is 0.322 e.